The highest BCUT2D eigenvalue weighted by molar-refractivity contribution is 5.76. The molecule has 0 aliphatic heterocycles. The zero-order valence-electron chi connectivity index (χ0n) is 11.2. The molecule has 0 amide bonds. The molecule has 1 heterocycles. The summed E-state index contributed by atoms with van der Waals surface area (Å²) in [4.78, 5) is 15.9. The number of rotatable bonds is 4. The largest absolute Gasteiger partial charge is 0.465 e. The third kappa shape index (κ3) is 2.81. The van der Waals surface area contributed by atoms with E-state index >= 15 is 0 Å². The van der Waals surface area contributed by atoms with Crippen LogP contribution in [0.4, 0.5) is 0 Å². The minimum absolute atomic E-state index is 0.275. The average molecular weight is 260 g/mol. The van der Waals surface area contributed by atoms with Gasteiger partial charge in [0.25, 0.3) is 0 Å². The standard InChI is InChI=1S/C14H16N2O3/c1-4-18-14(17)10(3)13-15-12(16-19-13)11-8-6-5-7-9(11)2/h5-8,10H,4H2,1-3H3. The smallest absolute Gasteiger partial charge is 0.318 e. The van der Waals surface area contributed by atoms with Crippen LogP contribution in [-0.4, -0.2) is 22.7 Å². The lowest BCUT2D eigenvalue weighted by Crippen LogP contribution is -2.13. The van der Waals surface area contributed by atoms with Crippen molar-refractivity contribution >= 4 is 5.97 Å². The number of benzene rings is 1. The maximum absolute atomic E-state index is 11.6. The van der Waals surface area contributed by atoms with E-state index in [4.69, 9.17) is 9.26 Å². The van der Waals surface area contributed by atoms with Crippen molar-refractivity contribution in [3.63, 3.8) is 0 Å². The Morgan fingerprint density at radius 1 is 1.42 bits per heavy atom. The van der Waals surface area contributed by atoms with E-state index in [0.29, 0.717) is 12.4 Å². The Hall–Kier alpha value is -2.17. The van der Waals surface area contributed by atoms with E-state index in [-0.39, 0.29) is 11.9 Å². The van der Waals surface area contributed by atoms with Gasteiger partial charge in [0.2, 0.25) is 11.7 Å². The van der Waals surface area contributed by atoms with Crippen LogP contribution in [0.5, 0.6) is 0 Å². The Labute approximate surface area is 111 Å². The lowest BCUT2D eigenvalue weighted by atomic mass is 10.1. The van der Waals surface area contributed by atoms with E-state index in [2.05, 4.69) is 10.1 Å². The molecule has 0 aliphatic carbocycles. The quantitative estimate of drug-likeness (QED) is 0.791. The second kappa shape index (κ2) is 5.65. The first-order chi connectivity index (χ1) is 9.13. The Kier molecular flexibility index (Phi) is 3.94. The molecule has 2 aromatic rings. The van der Waals surface area contributed by atoms with Crippen LogP contribution in [0.2, 0.25) is 0 Å². The molecule has 0 saturated heterocycles. The normalized spacial score (nSPS) is 12.2. The summed E-state index contributed by atoms with van der Waals surface area (Å²) in [6.07, 6.45) is 0. The average Bonchev–Trinajstić information content (AvgIpc) is 2.88. The molecular weight excluding hydrogens is 244 g/mol. The zero-order valence-corrected chi connectivity index (χ0v) is 11.2. The van der Waals surface area contributed by atoms with Gasteiger partial charge in [0.1, 0.15) is 5.92 Å². The van der Waals surface area contributed by atoms with Gasteiger partial charge in [-0.3, -0.25) is 4.79 Å². The lowest BCUT2D eigenvalue weighted by Gasteiger charge is -2.04. The molecule has 1 aromatic carbocycles. The lowest BCUT2D eigenvalue weighted by molar-refractivity contribution is -0.145. The number of aryl methyl sites for hydroxylation is 1. The molecule has 0 N–H and O–H groups in total. The van der Waals surface area contributed by atoms with Crippen molar-refractivity contribution in [2.45, 2.75) is 26.7 Å². The van der Waals surface area contributed by atoms with Gasteiger partial charge in [-0.25, -0.2) is 0 Å². The number of esters is 1. The second-order valence-electron chi connectivity index (χ2n) is 4.24. The maximum atomic E-state index is 11.6. The fourth-order valence-corrected chi connectivity index (χ4v) is 1.71. The van der Waals surface area contributed by atoms with Crippen molar-refractivity contribution in [1.82, 2.24) is 10.1 Å². The maximum Gasteiger partial charge on any atom is 0.318 e. The van der Waals surface area contributed by atoms with Gasteiger partial charge < -0.3 is 9.26 Å². The molecular formula is C14H16N2O3. The molecule has 5 heteroatoms. The molecule has 2 rings (SSSR count). The second-order valence-corrected chi connectivity index (χ2v) is 4.24. The van der Waals surface area contributed by atoms with E-state index < -0.39 is 5.92 Å². The summed E-state index contributed by atoms with van der Waals surface area (Å²) in [7, 11) is 0. The fraction of sp³-hybridized carbons (Fsp3) is 0.357. The van der Waals surface area contributed by atoms with Crippen molar-refractivity contribution in [2.75, 3.05) is 6.61 Å². The predicted octanol–water partition coefficient (Wildman–Crippen LogP) is 2.71. The van der Waals surface area contributed by atoms with Crippen LogP contribution >= 0.6 is 0 Å². The van der Waals surface area contributed by atoms with E-state index in [9.17, 15) is 4.79 Å². The Morgan fingerprint density at radius 2 is 2.16 bits per heavy atom. The van der Waals surface area contributed by atoms with Gasteiger partial charge in [0, 0.05) is 5.56 Å². The molecule has 0 aliphatic rings. The monoisotopic (exact) mass is 260 g/mol. The minimum atomic E-state index is -0.551. The van der Waals surface area contributed by atoms with Crippen LogP contribution in [0.15, 0.2) is 28.8 Å². The van der Waals surface area contributed by atoms with E-state index in [1.54, 1.807) is 13.8 Å². The molecule has 0 radical (unpaired) electrons. The number of hydrogen-bond acceptors (Lipinski definition) is 5. The Bertz CT molecular complexity index is 578. The third-order valence-electron chi connectivity index (χ3n) is 2.84. The molecule has 1 unspecified atom stereocenters. The summed E-state index contributed by atoms with van der Waals surface area (Å²) < 4.78 is 10.1. The van der Waals surface area contributed by atoms with Crippen LogP contribution in [-0.2, 0) is 9.53 Å². The highest BCUT2D eigenvalue weighted by Crippen LogP contribution is 2.22. The number of nitrogens with zero attached hydrogens (tertiary/aromatic N) is 2. The molecule has 0 bridgehead atoms. The molecule has 1 atom stereocenters. The van der Waals surface area contributed by atoms with Crippen molar-refractivity contribution in [1.29, 1.82) is 0 Å². The van der Waals surface area contributed by atoms with Crippen molar-refractivity contribution in [3.8, 4) is 11.4 Å². The molecule has 0 saturated carbocycles. The van der Waals surface area contributed by atoms with Crippen LogP contribution in [0.1, 0.15) is 31.2 Å². The molecule has 0 spiro atoms. The fourth-order valence-electron chi connectivity index (χ4n) is 1.71. The summed E-state index contributed by atoms with van der Waals surface area (Å²) in [5, 5.41) is 3.92. The van der Waals surface area contributed by atoms with Crippen LogP contribution < -0.4 is 0 Å². The van der Waals surface area contributed by atoms with E-state index in [1.165, 1.54) is 0 Å². The first kappa shape index (κ1) is 13.3. The summed E-state index contributed by atoms with van der Waals surface area (Å²) in [6.45, 7) is 5.76. The Morgan fingerprint density at radius 3 is 2.84 bits per heavy atom. The molecule has 5 nitrogen and oxygen atoms in total. The highest BCUT2D eigenvalue weighted by Gasteiger charge is 2.23. The summed E-state index contributed by atoms with van der Waals surface area (Å²) in [5.41, 5.74) is 1.95. The van der Waals surface area contributed by atoms with Crippen molar-refractivity contribution < 1.29 is 14.1 Å². The van der Waals surface area contributed by atoms with Crippen LogP contribution in [0, 0.1) is 6.92 Å². The van der Waals surface area contributed by atoms with Gasteiger partial charge in [0.15, 0.2) is 0 Å². The molecule has 19 heavy (non-hydrogen) atoms. The van der Waals surface area contributed by atoms with Gasteiger partial charge in [-0.2, -0.15) is 4.98 Å². The number of carbonyl (C=O) groups excluding carboxylic acids is 1. The summed E-state index contributed by atoms with van der Waals surface area (Å²) >= 11 is 0. The topological polar surface area (TPSA) is 65.2 Å². The van der Waals surface area contributed by atoms with Gasteiger partial charge in [-0.1, -0.05) is 29.4 Å². The number of carbonyl (C=O) groups is 1. The zero-order chi connectivity index (χ0) is 13.8. The number of aromatic nitrogens is 2. The van der Waals surface area contributed by atoms with E-state index in [1.807, 2.05) is 31.2 Å². The van der Waals surface area contributed by atoms with Crippen LogP contribution in [0.25, 0.3) is 11.4 Å². The summed E-state index contributed by atoms with van der Waals surface area (Å²) in [5.74, 6) is -0.145. The first-order valence-electron chi connectivity index (χ1n) is 6.19. The SMILES string of the molecule is CCOC(=O)C(C)c1nc(-c2ccccc2C)no1. The highest BCUT2D eigenvalue weighted by atomic mass is 16.5. The van der Waals surface area contributed by atoms with Gasteiger partial charge in [-0.05, 0) is 26.3 Å². The first-order valence-corrected chi connectivity index (χ1v) is 6.19. The van der Waals surface area contributed by atoms with Crippen LogP contribution in [0.3, 0.4) is 0 Å². The Balaban J connectivity index is 2.24. The van der Waals surface area contributed by atoms with Gasteiger partial charge in [-0.15, -0.1) is 0 Å². The molecule has 0 fully saturated rings. The third-order valence-corrected chi connectivity index (χ3v) is 2.84. The van der Waals surface area contributed by atoms with E-state index in [0.717, 1.165) is 11.1 Å². The molecule has 100 valence electrons. The van der Waals surface area contributed by atoms with Gasteiger partial charge in [0.05, 0.1) is 6.61 Å². The van der Waals surface area contributed by atoms with Crippen molar-refractivity contribution in [3.05, 3.63) is 35.7 Å². The molecule has 1 aromatic heterocycles. The summed E-state index contributed by atoms with van der Waals surface area (Å²) in [6, 6.07) is 7.74. The predicted molar refractivity (Wildman–Crippen MR) is 69.5 cm³/mol. The van der Waals surface area contributed by atoms with Crippen molar-refractivity contribution in [2.24, 2.45) is 0 Å². The van der Waals surface area contributed by atoms with Gasteiger partial charge >= 0.3 is 5.97 Å². The number of ether oxygens (including phenoxy) is 1. The number of hydrogen-bond donors (Lipinski definition) is 0. The minimum Gasteiger partial charge on any atom is -0.465 e.